The van der Waals surface area contributed by atoms with Gasteiger partial charge in [-0.15, -0.1) is 11.8 Å². The Morgan fingerprint density at radius 3 is 3.14 bits per heavy atom. The monoisotopic (exact) mass is 209 g/mol. The summed E-state index contributed by atoms with van der Waals surface area (Å²) in [5, 5.41) is 3.05. The van der Waals surface area contributed by atoms with Gasteiger partial charge in [-0.05, 0) is 12.1 Å². The second-order valence-electron chi connectivity index (χ2n) is 2.99. The van der Waals surface area contributed by atoms with Crippen LogP contribution in [0, 0.1) is 0 Å². The first-order chi connectivity index (χ1) is 6.81. The topological polar surface area (TPSA) is 67.1 Å². The molecule has 0 aliphatic carbocycles. The van der Waals surface area contributed by atoms with E-state index in [0.717, 1.165) is 10.6 Å². The van der Waals surface area contributed by atoms with Crippen LogP contribution in [0.5, 0.6) is 0 Å². The second kappa shape index (κ2) is 3.89. The number of thioether (sulfide) groups is 1. The molecule has 1 aromatic rings. The normalized spacial score (nSPS) is 19.4. The van der Waals surface area contributed by atoms with Crippen LogP contribution < -0.4 is 16.6 Å². The van der Waals surface area contributed by atoms with Gasteiger partial charge in [0.2, 0.25) is 5.91 Å². The summed E-state index contributed by atoms with van der Waals surface area (Å²) in [6.45, 7) is 0.616. The molecule has 1 aliphatic heterocycles. The largest absolute Gasteiger partial charge is 0.382 e. The van der Waals surface area contributed by atoms with E-state index in [1.165, 1.54) is 11.8 Å². The zero-order valence-electron chi connectivity index (χ0n) is 7.49. The number of fused-ring (bicyclic) bond motifs is 1. The van der Waals surface area contributed by atoms with Crippen molar-refractivity contribution in [2.75, 3.05) is 11.9 Å². The summed E-state index contributed by atoms with van der Waals surface area (Å²) in [4.78, 5) is 12.4. The molecule has 1 aliphatic rings. The smallest absolute Gasteiger partial charge is 0.249 e. The van der Waals surface area contributed by atoms with Crippen molar-refractivity contribution in [2.45, 2.75) is 10.1 Å². The summed E-state index contributed by atoms with van der Waals surface area (Å²) in [6.07, 6.45) is 0. The molecule has 1 aromatic carbocycles. The molecule has 1 atom stereocenters. The summed E-state index contributed by atoms with van der Waals surface area (Å²) >= 11 is 1.54. The van der Waals surface area contributed by atoms with E-state index in [0.29, 0.717) is 6.54 Å². The van der Waals surface area contributed by atoms with Gasteiger partial charge in [0.15, 0.2) is 0 Å². The van der Waals surface area contributed by atoms with Crippen LogP contribution in [0.25, 0.3) is 0 Å². The molecule has 0 bridgehead atoms. The fourth-order valence-electron chi connectivity index (χ4n) is 1.35. The molecule has 2 rings (SSSR count). The fraction of sp³-hybridized carbons (Fsp3) is 0.222. The Kier molecular flexibility index (Phi) is 2.60. The maximum Gasteiger partial charge on any atom is 0.249 e. The number of anilines is 1. The van der Waals surface area contributed by atoms with Crippen molar-refractivity contribution in [3.63, 3.8) is 0 Å². The minimum absolute atomic E-state index is 0.142. The van der Waals surface area contributed by atoms with Gasteiger partial charge < -0.3 is 5.32 Å². The summed E-state index contributed by atoms with van der Waals surface area (Å²) in [7, 11) is 0. The minimum atomic E-state index is -0.144. The van der Waals surface area contributed by atoms with Gasteiger partial charge in [-0.2, -0.15) is 0 Å². The van der Waals surface area contributed by atoms with Crippen molar-refractivity contribution in [2.24, 2.45) is 5.84 Å². The van der Waals surface area contributed by atoms with Crippen LogP contribution in [0.1, 0.15) is 0 Å². The number of para-hydroxylation sites is 1. The number of carbonyl (C=O) groups excluding carboxylic acids is 1. The lowest BCUT2D eigenvalue weighted by molar-refractivity contribution is -0.120. The van der Waals surface area contributed by atoms with Crippen molar-refractivity contribution in [1.82, 2.24) is 5.43 Å². The van der Waals surface area contributed by atoms with E-state index >= 15 is 0 Å². The van der Waals surface area contributed by atoms with E-state index in [4.69, 9.17) is 5.84 Å². The van der Waals surface area contributed by atoms with Crippen molar-refractivity contribution in [3.05, 3.63) is 24.3 Å². The van der Waals surface area contributed by atoms with E-state index < -0.39 is 0 Å². The van der Waals surface area contributed by atoms with Crippen LogP contribution in [-0.4, -0.2) is 17.7 Å². The maximum atomic E-state index is 11.3. The molecular formula is C9H11N3OS. The lowest BCUT2D eigenvalue weighted by atomic mass is 10.3. The molecule has 4 nitrogen and oxygen atoms in total. The minimum Gasteiger partial charge on any atom is -0.382 e. The van der Waals surface area contributed by atoms with Crippen molar-refractivity contribution >= 4 is 23.4 Å². The van der Waals surface area contributed by atoms with Gasteiger partial charge in [0.25, 0.3) is 0 Å². The summed E-state index contributed by atoms with van der Waals surface area (Å²) in [5.74, 6) is 4.94. The van der Waals surface area contributed by atoms with Gasteiger partial charge in [0, 0.05) is 17.1 Å². The number of nitrogens with one attached hydrogen (secondary N) is 2. The fourth-order valence-corrected chi connectivity index (χ4v) is 2.42. The molecule has 0 saturated carbocycles. The number of nitrogens with two attached hydrogens (primary N) is 1. The Morgan fingerprint density at radius 2 is 2.36 bits per heavy atom. The molecule has 1 heterocycles. The lowest BCUT2D eigenvalue weighted by Crippen LogP contribution is -2.41. The molecule has 1 amide bonds. The lowest BCUT2D eigenvalue weighted by Gasteiger charge is -2.23. The average Bonchev–Trinajstić information content (AvgIpc) is 2.27. The van der Waals surface area contributed by atoms with Crippen molar-refractivity contribution in [1.29, 1.82) is 0 Å². The van der Waals surface area contributed by atoms with Gasteiger partial charge in [-0.1, -0.05) is 12.1 Å². The van der Waals surface area contributed by atoms with Crippen LogP contribution in [0.2, 0.25) is 0 Å². The first-order valence-electron chi connectivity index (χ1n) is 4.31. The third-order valence-electron chi connectivity index (χ3n) is 2.07. The van der Waals surface area contributed by atoms with Gasteiger partial charge in [-0.3, -0.25) is 10.2 Å². The Morgan fingerprint density at radius 1 is 1.57 bits per heavy atom. The van der Waals surface area contributed by atoms with Crippen LogP contribution in [0.3, 0.4) is 0 Å². The zero-order chi connectivity index (χ0) is 9.97. The van der Waals surface area contributed by atoms with Crippen LogP contribution in [-0.2, 0) is 4.79 Å². The van der Waals surface area contributed by atoms with Crippen molar-refractivity contribution < 1.29 is 4.79 Å². The van der Waals surface area contributed by atoms with E-state index in [-0.39, 0.29) is 11.2 Å². The van der Waals surface area contributed by atoms with Crippen LogP contribution in [0.4, 0.5) is 5.69 Å². The highest BCUT2D eigenvalue weighted by molar-refractivity contribution is 8.00. The summed E-state index contributed by atoms with van der Waals surface area (Å²) < 4.78 is 0. The van der Waals surface area contributed by atoms with Gasteiger partial charge in [0.05, 0.1) is 0 Å². The molecule has 0 fully saturated rings. The number of hydrogen-bond donors (Lipinski definition) is 3. The van der Waals surface area contributed by atoms with Gasteiger partial charge >= 0.3 is 0 Å². The van der Waals surface area contributed by atoms with E-state index in [9.17, 15) is 4.79 Å². The van der Waals surface area contributed by atoms with Crippen LogP contribution >= 0.6 is 11.8 Å². The third-order valence-corrected chi connectivity index (χ3v) is 3.34. The SMILES string of the molecule is NNC(=O)[C@H]1CNc2ccccc2S1. The predicted octanol–water partition coefficient (Wildman–Crippen LogP) is 0.563. The number of carbonyl (C=O) groups is 1. The molecule has 4 N–H and O–H groups in total. The first kappa shape index (κ1) is 9.36. The van der Waals surface area contributed by atoms with Crippen molar-refractivity contribution in [3.8, 4) is 0 Å². The molecule has 0 saturated heterocycles. The second-order valence-corrected chi connectivity index (χ2v) is 4.24. The highest BCUT2D eigenvalue weighted by atomic mass is 32.2. The Bertz CT molecular complexity index is 356. The van der Waals surface area contributed by atoms with E-state index in [1.807, 2.05) is 24.3 Å². The molecule has 0 radical (unpaired) electrons. The highest BCUT2D eigenvalue weighted by Crippen LogP contribution is 2.34. The van der Waals surface area contributed by atoms with Gasteiger partial charge in [0.1, 0.15) is 5.25 Å². The Labute approximate surface area is 86.2 Å². The number of amides is 1. The number of hydrogen-bond acceptors (Lipinski definition) is 4. The van der Waals surface area contributed by atoms with E-state index in [2.05, 4.69) is 10.7 Å². The zero-order valence-corrected chi connectivity index (χ0v) is 8.30. The molecule has 0 unspecified atom stereocenters. The Hall–Kier alpha value is -1.20. The van der Waals surface area contributed by atoms with Gasteiger partial charge in [-0.25, -0.2) is 5.84 Å². The molecular weight excluding hydrogens is 198 g/mol. The maximum absolute atomic E-state index is 11.3. The average molecular weight is 209 g/mol. The number of hydrazine groups is 1. The summed E-state index contributed by atoms with van der Waals surface area (Å²) in [5.41, 5.74) is 3.25. The number of benzene rings is 1. The predicted molar refractivity (Wildman–Crippen MR) is 56.9 cm³/mol. The van der Waals surface area contributed by atoms with Crippen LogP contribution in [0.15, 0.2) is 29.2 Å². The molecule has 74 valence electrons. The Balaban J connectivity index is 2.17. The molecule has 0 spiro atoms. The molecule has 14 heavy (non-hydrogen) atoms. The standard InChI is InChI=1S/C9H11N3OS/c10-12-9(13)8-5-11-6-3-1-2-4-7(6)14-8/h1-4,8,11H,5,10H2,(H,12,13)/t8-/m1/s1. The van der Waals surface area contributed by atoms with E-state index in [1.54, 1.807) is 0 Å². The number of rotatable bonds is 1. The summed E-state index contributed by atoms with van der Waals surface area (Å²) in [6, 6.07) is 7.91. The molecule has 5 heteroatoms. The first-order valence-corrected chi connectivity index (χ1v) is 5.19. The quantitative estimate of drug-likeness (QED) is 0.359. The third kappa shape index (κ3) is 1.69. The highest BCUT2D eigenvalue weighted by Gasteiger charge is 2.23. The molecule has 0 aromatic heterocycles.